The first kappa shape index (κ1) is 17.0. The minimum Gasteiger partial charge on any atom is -0.463 e. The van der Waals surface area contributed by atoms with E-state index in [1.165, 1.54) is 18.2 Å². The second-order valence-electron chi connectivity index (χ2n) is 3.86. The maximum Gasteiger partial charge on any atom is 0.438 e. The molecular weight excluding hydrogens is 295 g/mol. The van der Waals surface area contributed by atoms with E-state index in [4.69, 9.17) is 10.4 Å². The fraction of sp³-hybridized carbons (Fsp3) is 0.250. The summed E-state index contributed by atoms with van der Waals surface area (Å²) in [4.78, 5) is 21.9. The maximum absolute atomic E-state index is 12.9. The average Bonchev–Trinajstić information content (AvgIpc) is 2.87. The molecule has 2 rings (SSSR count). The van der Waals surface area contributed by atoms with Gasteiger partial charge in [-0.1, -0.05) is 10.7 Å². The smallest absolute Gasteiger partial charge is 0.438 e. The van der Waals surface area contributed by atoms with Crippen LogP contribution in [0.15, 0.2) is 29.1 Å². The predicted octanol–water partition coefficient (Wildman–Crippen LogP) is 0.214. The lowest BCUT2D eigenvalue weighted by Gasteiger charge is -1.96. The SMILES string of the molecule is CNCCC#N.O=C(O)n1nnn(-c2cccc(F)c2)c1=O. The number of aromatic nitrogens is 4. The first-order chi connectivity index (χ1) is 10.5. The van der Waals surface area contributed by atoms with Gasteiger partial charge in [0.15, 0.2) is 0 Å². The highest BCUT2D eigenvalue weighted by Gasteiger charge is 2.13. The number of carbonyl (C=O) groups is 1. The fourth-order valence-electron chi connectivity index (χ4n) is 1.32. The van der Waals surface area contributed by atoms with Crippen LogP contribution in [0.2, 0.25) is 0 Å². The van der Waals surface area contributed by atoms with Gasteiger partial charge in [0.25, 0.3) is 0 Å². The van der Waals surface area contributed by atoms with Gasteiger partial charge in [0, 0.05) is 13.0 Å². The monoisotopic (exact) mass is 308 g/mol. The minimum absolute atomic E-state index is 0.109. The van der Waals surface area contributed by atoms with E-state index in [0.717, 1.165) is 12.6 Å². The molecule has 2 aromatic rings. The third-order valence-corrected chi connectivity index (χ3v) is 2.30. The molecule has 0 unspecified atom stereocenters. The summed E-state index contributed by atoms with van der Waals surface area (Å²) in [6.07, 6.45) is -0.941. The van der Waals surface area contributed by atoms with Crippen LogP contribution in [0.1, 0.15) is 6.42 Å². The van der Waals surface area contributed by atoms with Crippen molar-refractivity contribution in [1.29, 1.82) is 5.26 Å². The number of halogens is 1. The summed E-state index contributed by atoms with van der Waals surface area (Å²) in [5.74, 6) is -0.561. The predicted molar refractivity (Wildman–Crippen MR) is 73.2 cm³/mol. The number of nitrogens with one attached hydrogen (secondary N) is 1. The molecule has 2 N–H and O–H groups in total. The summed E-state index contributed by atoms with van der Waals surface area (Å²) in [5, 5.41) is 25.7. The van der Waals surface area contributed by atoms with Crippen molar-refractivity contribution in [3.8, 4) is 11.8 Å². The standard InChI is InChI=1S/C8H5FN4O3.C4H8N2/c9-5-2-1-3-6(4-5)12-7(14)13(8(15)16)11-10-12;1-6-4-2-3-5/h1-4H,(H,15,16);6H,2,4H2,1H3. The van der Waals surface area contributed by atoms with Crippen LogP contribution in [0.3, 0.4) is 0 Å². The maximum atomic E-state index is 12.9. The van der Waals surface area contributed by atoms with E-state index >= 15 is 0 Å². The highest BCUT2D eigenvalue weighted by Crippen LogP contribution is 2.05. The van der Waals surface area contributed by atoms with E-state index in [2.05, 4.69) is 15.7 Å². The van der Waals surface area contributed by atoms with Crippen LogP contribution in [0.25, 0.3) is 5.69 Å². The number of hydrogen-bond acceptors (Lipinski definition) is 6. The average molecular weight is 308 g/mol. The first-order valence-electron chi connectivity index (χ1n) is 6.07. The van der Waals surface area contributed by atoms with Crippen molar-refractivity contribution in [2.24, 2.45) is 0 Å². The number of nitrogens with zero attached hydrogens (tertiary/aromatic N) is 5. The topological polar surface area (TPSA) is 126 Å². The van der Waals surface area contributed by atoms with Gasteiger partial charge < -0.3 is 10.4 Å². The molecule has 0 spiro atoms. The summed E-state index contributed by atoms with van der Waals surface area (Å²) in [6.45, 7) is 0.802. The zero-order chi connectivity index (χ0) is 16.5. The van der Waals surface area contributed by atoms with Gasteiger partial charge in [-0.05, 0) is 35.7 Å². The van der Waals surface area contributed by atoms with Crippen molar-refractivity contribution < 1.29 is 14.3 Å². The number of carboxylic acid groups (broad SMARTS) is 1. The summed E-state index contributed by atoms with van der Waals surface area (Å²) in [6, 6.07) is 7.02. The minimum atomic E-state index is -1.55. The Hall–Kier alpha value is -3.06. The van der Waals surface area contributed by atoms with Gasteiger partial charge in [-0.15, -0.1) is 0 Å². The molecule has 0 aliphatic carbocycles. The third kappa shape index (κ3) is 4.50. The van der Waals surface area contributed by atoms with Crippen molar-refractivity contribution >= 4 is 6.09 Å². The molecule has 0 atom stereocenters. The molecule has 22 heavy (non-hydrogen) atoms. The van der Waals surface area contributed by atoms with Crippen LogP contribution in [-0.2, 0) is 0 Å². The van der Waals surface area contributed by atoms with Crippen molar-refractivity contribution in [1.82, 2.24) is 25.1 Å². The van der Waals surface area contributed by atoms with Crippen molar-refractivity contribution in [3.05, 3.63) is 40.6 Å². The van der Waals surface area contributed by atoms with Crippen LogP contribution < -0.4 is 11.0 Å². The molecule has 10 heteroatoms. The Kier molecular flexibility index (Phi) is 6.39. The number of hydrogen-bond donors (Lipinski definition) is 2. The normalized spacial score (nSPS) is 9.50. The Balaban J connectivity index is 0.000000346. The fourth-order valence-corrected chi connectivity index (χ4v) is 1.32. The summed E-state index contributed by atoms with van der Waals surface area (Å²) >= 11 is 0. The lowest BCUT2D eigenvalue weighted by Crippen LogP contribution is -2.28. The first-order valence-corrected chi connectivity index (χ1v) is 6.07. The quantitative estimate of drug-likeness (QED) is 0.613. The van der Waals surface area contributed by atoms with Crippen LogP contribution in [-0.4, -0.2) is 44.6 Å². The molecule has 1 aromatic heterocycles. The van der Waals surface area contributed by atoms with Gasteiger partial charge >= 0.3 is 11.8 Å². The molecule has 0 amide bonds. The molecule has 0 saturated heterocycles. The van der Waals surface area contributed by atoms with Crippen molar-refractivity contribution in [2.75, 3.05) is 13.6 Å². The van der Waals surface area contributed by atoms with E-state index in [9.17, 15) is 14.0 Å². The third-order valence-electron chi connectivity index (χ3n) is 2.30. The van der Waals surface area contributed by atoms with E-state index in [-0.39, 0.29) is 10.4 Å². The molecule has 0 aliphatic heterocycles. The van der Waals surface area contributed by atoms with Crippen LogP contribution in [0.5, 0.6) is 0 Å². The number of benzene rings is 1. The zero-order valence-electron chi connectivity index (χ0n) is 11.6. The molecule has 0 saturated carbocycles. The van der Waals surface area contributed by atoms with E-state index in [0.29, 0.717) is 11.1 Å². The molecule has 0 bridgehead atoms. The molecule has 0 radical (unpaired) electrons. The van der Waals surface area contributed by atoms with Crippen LogP contribution in [0, 0.1) is 17.1 Å². The van der Waals surface area contributed by atoms with Crippen LogP contribution >= 0.6 is 0 Å². The molecule has 0 aliphatic rings. The van der Waals surface area contributed by atoms with E-state index in [1.807, 2.05) is 13.1 Å². The zero-order valence-corrected chi connectivity index (χ0v) is 11.6. The molecular formula is C12H13FN6O3. The molecule has 1 aromatic carbocycles. The highest BCUT2D eigenvalue weighted by molar-refractivity contribution is 5.66. The van der Waals surface area contributed by atoms with Crippen molar-refractivity contribution in [3.63, 3.8) is 0 Å². The Morgan fingerprint density at radius 3 is 2.68 bits per heavy atom. The summed E-state index contributed by atoms with van der Waals surface area (Å²) in [5.41, 5.74) is -0.865. The van der Waals surface area contributed by atoms with Gasteiger partial charge in [-0.3, -0.25) is 0 Å². The molecule has 9 nitrogen and oxygen atoms in total. The molecule has 116 valence electrons. The molecule has 0 fully saturated rings. The summed E-state index contributed by atoms with van der Waals surface area (Å²) < 4.78 is 13.7. The van der Waals surface area contributed by atoms with Crippen LogP contribution in [0.4, 0.5) is 9.18 Å². The van der Waals surface area contributed by atoms with Gasteiger partial charge in [-0.25, -0.2) is 14.0 Å². The second kappa shape index (κ2) is 8.28. The van der Waals surface area contributed by atoms with Gasteiger partial charge in [-0.2, -0.15) is 9.94 Å². The number of tetrazole rings is 1. The van der Waals surface area contributed by atoms with Gasteiger partial charge in [0.05, 0.1) is 11.8 Å². The Morgan fingerprint density at radius 2 is 2.23 bits per heavy atom. The van der Waals surface area contributed by atoms with Gasteiger partial charge in [0.2, 0.25) is 0 Å². The van der Waals surface area contributed by atoms with E-state index in [1.54, 1.807) is 0 Å². The lowest BCUT2D eigenvalue weighted by molar-refractivity contribution is 0.191. The van der Waals surface area contributed by atoms with Gasteiger partial charge in [0.1, 0.15) is 5.82 Å². The highest BCUT2D eigenvalue weighted by atomic mass is 19.1. The summed E-state index contributed by atoms with van der Waals surface area (Å²) in [7, 11) is 1.83. The Labute approximate surface area is 124 Å². The lowest BCUT2D eigenvalue weighted by atomic mass is 10.3. The van der Waals surface area contributed by atoms with E-state index < -0.39 is 17.6 Å². The second-order valence-corrected chi connectivity index (χ2v) is 3.86. The largest absolute Gasteiger partial charge is 0.463 e. The number of nitriles is 1. The Bertz CT molecular complexity index is 733. The van der Waals surface area contributed by atoms with Crippen molar-refractivity contribution in [2.45, 2.75) is 6.42 Å². The number of rotatable bonds is 3. The Morgan fingerprint density at radius 1 is 1.50 bits per heavy atom. The molecule has 1 heterocycles.